The van der Waals surface area contributed by atoms with E-state index in [0.29, 0.717) is 31.2 Å². The number of aliphatic hydroxyl groups excluding tert-OH is 1. The predicted octanol–water partition coefficient (Wildman–Crippen LogP) is 1.26. The molecule has 5 heteroatoms. The zero-order valence-corrected chi connectivity index (χ0v) is 9.70. The summed E-state index contributed by atoms with van der Waals surface area (Å²) in [5, 5.41) is 12.2. The van der Waals surface area contributed by atoms with Gasteiger partial charge in [0.25, 0.3) is 0 Å². The highest BCUT2D eigenvalue weighted by molar-refractivity contribution is 5.49. The molecule has 1 aromatic carbocycles. The van der Waals surface area contributed by atoms with Crippen LogP contribution in [0.4, 0.5) is 10.1 Å². The van der Waals surface area contributed by atoms with Gasteiger partial charge in [0.1, 0.15) is 11.6 Å². The Labute approximate surface area is 99.4 Å². The second-order valence-corrected chi connectivity index (χ2v) is 4.35. The van der Waals surface area contributed by atoms with E-state index in [1.54, 1.807) is 12.1 Å². The number of ether oxygens (including phenoxy) is 2. The lowest BCUT2D eigenvalue weighted by molar-refractivity contribution is -0.128. The fourth-order valence-electron chi connectivity index (χ4n) is 1.69. The van der Waals surface area contributed by atoms with Crippen LogP contribution < -0.4 is 10.1 Å². The zero-order valence-electron chi connectivity index (χ0n) is 9.70. The summed E-state index contributed by atoms with van der Waals surface area (Å²) < 4.78 is 23.6. The molecule has 0 spiro atoms. The maximum absolute atomic E-state index is 13.5. The highest BCUT2D eigenvalue weighted by atomic mass is 19.1. The fraction of sp³-hybridized carbons (Fsp3) is 0.500. The van der Waals surface area contributed by atoms with Gasteiger partial charge in [-0.25, -0.2) is 4.39 Å². The highest BCUT2D eigenvalue weighted by Gasteiger charge is 2.37. The van der Waals surface area contributed by atoms with Gasteiger partial charge in [0.05, 0.1) is 38.0 Å². The highest BCUT2D eigenvalue weighted by Crippen LogP contribution is 2.28. The van der Waals surface area contributed by atoms with Crippen molar-refractivity contribution in [3.8, 4) is 5.75 Å². The van der Waals surface area contributed by atoms with Gasteiger partial charge in [-0.2, -0.15) is 0 Å². The van der Waals surface area contributed by atoms with E-state index < -0.39 is 0 Å². The molecule has 1 saturated heterocycles. The van der Waals surface area contributed by atoms with Gasteiger partial charge in [-0.1, -0.05) is 0 Å². The molecule has 17 heavy (non-hydrogen) atoms. The molecule has 4 nitrogen and oxygen atoms in total. The van der Waals surface area contributed by atoms with Gasteiger partial charge in [-0.05, 0) is 12.1 Å². The second kappa shape index (κ2) is 4.89. The van der Waals surface area contributed by atoms with Crippen LogP contribution in [-0.2, 0) is 4.74 Å². The summed E-state index contributed by atoms with van der Waals surface area (Å²) in [6, 6.07) is 4.51. The van der Waals surface area contributed by atoms with Crippen molar-refractivity contribution in [2.24, 2.45) is 5.41 Å². The SMILES string of the molecule is COc1ccc(F)c(NCC2(CO)COC2)c1. The van der Waals surface area contributed by atoms with Crippen molar-refractivity contribution in [3.05, 3.63) is 24.0 Å². The minimum atomic E-state index is -0.334. The predicted molar refractivity (Wildman–Crippen MR) is 61.8 cm³/mol. The smallest absolute Gasteiger partial charge is 0.146 e. The summed E-state index contributed by atoms with van der Waals surface area (Å²) in [5.41, 5.74) is 0.0965. The van der Waals surface area contributed by atoms with Crippen molar-refractivity contribution < 1.29 is 19.0 Å². The van der Waals surface area contributed by atoms with Gasteiger partial charge < -0.3 is 19.9 Å². The summed E-state index contributed by atoms with van der Waals surface area (Å²) in [5.74, 6) is 0.260. The van der Waals surface area contributed by atoms with E-state index in [-0.39, 0.29) is 17.8 Å². The van der Waals surface area contributed by atoms with Gasteiger partial charge in [-0.3, -0.25) is 0 Å². The Kier molecular flexibility index (Phi) is 3.49. The second-order valence-electron chi connectivity index (χ2n) is 4.35. The lowest BCUT2D eigenvalue weighted by atomic mass is 9.87. The van der Waals surface area contributed by atoms with Gasteiger partial charge in [0.2, 0.25) is 0 Å². The lowest BCUT2D eigenvalue weighted by Gasteiger charge is -2.40. The van der Waals surface area contributed by atoms with Crippen LogP contribution in [-0.4, -0.2) is 38.6 Å². The number of hydrogen-bond acceptors (Lipinski definition) is 4. The molecule has 2 N–H and O–H groups in total. The first-order valence-electron chi connectivity index (χ1n) is 5.45. The van der Waals surface area contributed by atoms with Crippen molar-refractivity contribution in [2.75, 3.05) is 38.8 Å². The summed E-state index contributed by atoms with van der Waals surface area (Å²) in [6.45, 7) is 1.52. The van der Waals surface area contributed by atoms with Crippen molar-refractivity contribution in [1.29, 1.82) is 0 Å². The third-order valence-corrected chi connectivity index (χ3v) is 2.98. The third kappa shape index (κ3) is 2.50. The minimum absolute atomic E-state index is 0.0333. The molecule has 0 atom stereocenters. The molecule has 0 saturated carbocycles. The number of anilines is 1. The molecule has 0 bridgehead atoms. The van der Waals surface area contributed by atoms with Crippen LogP contribution in [0.5, 0.6) is 5.75 Å². The Hall–Kier alpha value is -1.33. The van der Waals surface area contributed by atoms with Crippen LogP contribution in [0.25, 0.3) is 0 Å². The number of nitrogens with one attached hydrogen (secondary N) is 1. The molecule has 2 rings (SSSR count). The molecule has 0 radical (unpaired) electrons. The lowest BCUT2D eigenvalue weighted by Crippen LogP contribution is -2.50. The van der Waals surface area contributed by atoms with Crippen LogP contribution in [0.15, 0.2) is 18.2 Å². The maximum atomic E-state index is 13.5. The number of halogens is 1. The van der Waals surface area contributed by atoms with Crippen molar-refractivity contribution in [3.63, 3.8) is 0 Å². The van der Waals surface area contributed by atoms with E-state index >= 15 is 0 Å². The summed E-state index contributed by atoms with van der Waals surface area (Å²) in [6.07, 6.45) is 0. The van der Waals surface area contributed by atoms with Crippen LogP contribution in [0, 0.1) is 11.2 Å². The largest absolute Gasteiger partial charge is 0.497 e. The van der Waals surface area contributed by atoms with Crippen LogP contribution >= 0.6 is 0 Å². The summed E-state index contributed by atoms with van der Waals surface area (Å²) >= 11 is 0. The first kappa shape index (κ1) is 12.1. The first-order valence-corrected chi connectivity index (χ1v) is 5.45. The topological polar surface area (TPSA) is 50.7 Å². The van der Waals surface area contributed by atoms with Crippen LogP contribution in [0.2, 0.25) is 0 Å². The standard InChI is InChI=1S/C12H16FNO3/c1-16-9-2-3-10(13)11(4-9)14-5-12(6-15)7-17-8-12/h2-4,14-15H,5-8H2,1H3. The monoisotopic (exact) mass is 241 g/mol. The molecule has 94 valence electrons. The van der Waals surface area contributed by atoms with E-state index in [2.05, 4.69) is 5.32 Å². The van der Waals surface area contributed by atoms with Crippen molar-refractivity contribution >= 4 is 5.69 Å². The number of benzene rings is 1. The third-order valence-electron chi connectivity index (χ3n) is 2.98. The maximum Gasteiger partial charge on any atom is 0.146 e. The Morgan fingerprint density at radius 1 is 1.53 bits per heavy atom. The van der Waals surface area contributed by atoms with Crippen molar-refractivity contribution in [1.82, 2.24) is 0 Å². The molecule has 0 aromatic heterocycles. The number of hydrogen-bond donors (Lipinski definition) is 2. The van der Waals surface area contributed by atoms with E-state index in [4.69, 9.17) is 9.47 Å². The number of methoxy groups -OCH3 is 1. The van der Waals surface area contributed by atoms with Crippen LogP contribution in [0.1, 0.15) is 0 Å². The Morgan fingerprint density at radius 2 is 2.29 bits per heavy atom. The summed E-state index contributed by atoms with van der Waals surface area (Å²) in [4.78, 5) is 0. The quantitative estimate of drug-likeness (QED) is 0.814. The Morgan fingerprint density at radius 3 is 2.82 bits per heavy atom. The molecule has 0 amide bonds. The van der Waals surface area contributed by atoms with E-state index in [1.165, 1.54) is 13.2 Å². The van der Waals surface area contributed by atoms with Crippen molar-refractivity contribution in [2.45, 2.75) is 0 Å². The molecular weight excluding hydrogens is 225 g/mol. The van der Waals surface area contributed by atoms with E-state index in [0.717, 1.165) is 0 Å². The molecule has 1 aliphatic rings. The molecule has 1 aliphatic heterocycles. The van der Waals surface area contributed by atoms with E-state index in [1.807, 2.05) is 0 Å². The first-order chi connectivity index (χ1) is 8.19. The summed E-state index contributed by atoms with van der Waals surface area (Å²) in [7, 11) is 1.53. The molecule has 1 heterocycles. The molecule has 0 aliphatic carbocycles. The van der Waals surface area contributed by atoms with Gasteiger partial charge >= 0.3 is 0 Å². The normalized spacial score (nSPS) is 17.4. The molecule has 1 fully saturated rings. The Balaban J connectivity index is 2.02. The zero-order chi connectivity index (χ0) is 12.3. The minimum Gasteiger partial charge on any atom is -0.497 e. The molecule has 0 unspecified atom stereocenters. The number of aliphatic hydroxyl groups is 1. The molecular formula is C12H16FNO3. The van der Waals surface area contributed by atoms with Gasteiger partial charge in [0.15, 0.2) is 0 Å². The van der Waals surface area contributed by atoms with Crippen LogP contribution in [0.3, 0.4) is 0 Å². The van der Waals surface area contributed by atoms with Gasteiger partial charge in [-0.15, -0.1) is 0 Å². The Bertz CT molecular complexity index is 388. The number of rotatable bonds is 5. The molecule has 1 aromatic rings. The fourth-order valence-corrected chi connectivity index (χ4v) is 1.69. The van der Waals surface area contributed by atoms with E-state index in [9.17, 15) is 9.50 Å². The average Bonchev–Trinajstić information content (AvgIpc) is 2.30. The average molecular weight is 241 g/mol. The van der Waals surface area contributed by atoms with Gasteiger partial charge in [0, 0.05) is 12.6 Å².